The fraction of sp³-hybridized carbons (Fsp3) is 0.444. The van der Waals surface area contributed by atoms with Crippen molar-refractivity contribution in [3.8, 4) is 0 Å². The zero-order valence-corrected chi connectivity index (χ0v) is 15.0. The molecule has 6 nitrogen and oxygen atoms in total. The minimum absolute atomic E-state index is 0.0395. The van der Waals surface area contributed by atoms with Gasteiger partial charge in [-0.2, -0.15) is 18.2 Å². The van der Waals surface area contributed by atoms with E-state index in [-0.39, 0.29) is 5.69 Å². The van der Waals surface area contributed by atoms with Crippen LogP contribution in [0.2, 0.25) is 0 Å². The van der Waals surface area contributed by atoms with Crippen LogP contribution in [-0.4, -0.2) is 54.3 Å². The lowest BCUT2D eigenvalue weighted by molar-refractivity contribution is -0.136. The average molecular weight is 381 g/mol. The minimum Gasteiger partial charge on any atom is -0.379 e. The summed E-state index contributed by atoms with van der Waals surface area (Å²) in [7, 11) is 0. The summed E-state index contributed by atoms with van der Waals surface area (Å²) >= 11 is 0. The topological polar surface area (TPSA) is 62.3 Å². The third kappa shape index (κ3) is 5.54. The molecule has 2 N–H and O–H groups in total. The van der Waals surface area contributed by atoms with Crippen molar-refractivity contribution in [1.29, 1.82) is 0 Å². The van der Waals surface area contributed by atoms with Crippen molar-refractivity contribution in [1.82, 2.24) is 14.9 Å². The van der Waals surface area contributed by atoms with Crippen LogP contribution in [0, 0.1) is 6.92 Å². The third-order valence-electron chi connectivity index (χ3n) is 4.16. The van der Waals surface area contributed by atoms with Crippen molar-refractivity contribution in [3.05, 3.63) is 41.6 Å². The van der Waals surface area contributed by atoms with E-state index in [1.54, 1.807) is 19.1 Å². The zero-order chi connectivity index (χ0) is 19.3. The number of anilines is 3. The largest absolute Gasteiger partial charge is 0.418 e. The van der Waals surface area contributed by atoms with Crippen LogP contribution < -0.4 is 10.6 Å². The minimum atomic E-state index is -4.44. The molecule has 1 saturated heterocycles. The van der Waals surface area contributed by atoms with Gasteiger partial charge in [0.2, 0.25) is 5.95 Å². The zero-order valence-electron chi connectivity index (χ0n) is 15.0. The van der Waals surface area contributed by atoms with E-state index in [9.17, 15) is 13.2 Å². The van der Waals surface area contributed by atoms with E-state index in [1.165, 1.54) is 12.1 Å². The van der Waals surface area contributed by atoms with Gasteiger partial charge in [0.25, 0.3) is 0 Å². The van der Waals surface area contributed by atoms with Gasteiger partial charge in [-0.3, -0.25) is 4.90 Å². The van der Waals surface area contributed by atoms with E-state index < -0.39 is 11.7 Å². The first-order chi connectivity index (χ1) is 12.9. The second-order valence-electron chi connectivity index (χ2n) is 6.27. The summed E-state index contributed by atoms with van der Waals surface area (Å²) in [5.74, 6) is 0.698. The second kappa shape index (κ2) is 8.53. The Hall–Kier alpha value is -2.39. The van der Waals surface area contributed by atoms with Crippen molar-refractivity contribution in [3.63, 3.8) is 0 Å². The number of hydrogen-bond donors (Lipinski definition) is 2. The van der Waals surface area contributed by atoms with Crippen LogP contribution in [0.3, 0.4) is 0 Å². The molecule has 1 aliphatic heterocycles. The Morgan fingerprint density at radius 2 is 1.89 bits per heavy atom. The first-order valence-electron chi connectivity index (χ1n) is 8.75. The summed E-state index contributed by atoms with van der Waals surface area (Å²) in [6, 6.07) is 6.94. The Kier molecular flexibility index (Phi) is 6.12. The lowest BCUT2D eigenvalue weighted by Crippen LogP contribution is -2.39. The molecule has 2 heterocycles. The number of halogens is 3. The van der Waals surface area contributed by atoms with Gasteiger partial charge in [-0.05, 0) is 19.1 Å². The van der Waals surface area contributed by atoms with Crippen molar-refractivity contribution in [2.24, 2.45) is 0 Å². The average Bonchev–Trinajstić information content (AvgIpc) is 2.62. The van der Waals surface area contributed by atoms with Crippen LogP contribution in [0.25, 0.3) is 0 Å². The number of aromatic nitrogens is 2. The Morgan fingerprint density at radius 3 is 2.63 bits per heavy atom. The number of hydrogen-bond acceptors (Lipinski definition) is 6. The molecule has 0 unspecified atom stereocenters. The highest BCUT2D eigenvalue weighted by atomic mass is 19.4. The molecule has 0 atom stereocenters. The fourth-order valence-electron chi connectivity index (χ4n) is 2.84. The molecule has 9 heteroatoms. The highest BCUT2D eigenvalue weighted by Gasteiger charge is 2.33. The number of benzene rings is 1. The SMILES string of the molecule is Cc1cc(Nc2ccccc2C(F)(F)F)nc(NCCN2CCOCC2)n1. The van der Waals surface area contributed by atoms with Gasteiger partial charge in [-0.15, -0.1) is 0 Å². The molecule has 3 rings (SSSR count). The highest BCUT2D eigenvalue weighted by molar-refractivity contribution is 5.62. The summed E-state index contributed by atoms with van der Waals surface area (Å²) in [6.45, 7) is 6.47. The number of para-hydroxylation sites is 1. The molecule has 1 aliphatic rings. The Labute approximate surface area is 155 Å². The number of ether oxygens (including phenoxy) is 1. The number of nitrogens with one attached hydrogen (secondary N) is 2. The molecule has 1 fully saturated rings. The summed E-state index contributed by atoms with van der Waals surface area (Å²) in [5, 5.41) is 5.90. The van der Waals surface area contributed by atoms with Crippen LogP contribution in [-0.2, 0) is 10.9 Å². The van der Waals surface area contributed by atoms with Gasteiger partial charge < -0.3 is 15.4 Å². The molecule has 0 bridgehead atoms. The number of aryl methyl sites for hydroxylation is 1. The van der Waals surface area contributed by atoms with Gasteiger partial charge in [-0.25, -0.2) is 4.98 Å². The van der Waals surface area contributed by atoms with Gasteiger partial charge in [0.15, 0.2) is 0 Å². The first-order valence-corrected chi connectivity index (χ1v) is 8.75. The van der Waals surface area contributed by atoms with E-state index in [0.29, 0.717) is 24.0 Å². The van der Waals surface area contributed by atoms with E-state index in [0.717, 1.165) is 38.9 Å². The molecule has 0 aliphatic carbocycles. The van der Waals surface area contributed by atoms with Crippen molar-refractivity contribution in [2.45, 2.75) is 13.1 Å². The monoisotopic (exact) mass is 381 g/mol. The van der Waals surface area contributed by atoms with Crippen molar-refractivity contribution in [2.75, 3.05) is 50.0 Å². The molecule has 0 spiro atoms. The van der Waals surface area contributed by atoms with Crippen molar-refractivity contribution < 1.29 is 17.9 Å². The maximum atomic E-state index is 13.2. The standard InChI is InChI=1S/C18H22F3N5O/c1-13-12-16(24-15-5-3-2-4-14(15)18(19,20)21)25-17(23-13)22-6-7-26-8-10-27-11-9-26/h2-5,12H,6-11H2,1H3,(H2,22,23,24,25). The molecule has 0 radical (unpaired) electrons. The molecular weight excluding hydrogens is 359 g/mol. The predicted octanol–water partition coefficient (Wildman–Crippen LogP) is 3.29. The normalized spacial score (nSPS) is 15.6. The van der Waals surface area contributed by atoms with Crippen LogP contribution >= 0.6 is 0 Å². The molecule has 1 aromatic heterocycles. The van der Waals surface area contributed by atoms with Gasteiger partial charge in [0.1, 0.15) is 5.82 Å². The van der Waals surface area contributed by atoms with Gasteiger partial charge >= 0.3 is 6.18 Å². The van der Waals surface area contributed by atoms with E-state index in [2.05, 4.69) is 25.5 Å². The van der Waals surface area contributed by atoms with Crippen LogP contribution in [0.4, 0.5) is 30.6 Å². The summed E-state index contributed by atoms with van der Waals surface area (Å²) in [6.07, 6.45) is -4.44. The van der Waals surface area contributed by atoms with Crippen LogP contribution in [0.1, 0.15) is 11.3 Å². The number of alkyl halides is 3. The van der Waals surface area contributed by atoms with Gasteiger partial charge in [0, 0.05) is 37.9 Å². The molecule has 0 saturated carbocycles. The summed E-state index contributed by atoms with van der Waals surface area (Å²) in [5.41, 5.74) is -0.115. The number of nitrogens with zero attached hydrogens (tertiary/aromatic N) is 3. The highest BCUT2D eigenvalue weighted by Crippen LogP contribution is 2.35. The summed E-state index contributed by atoms with van der Waals surface area (Å²) in [4.78, 5) is 10.9. The molecule has 146 valence electrons. The molecule has 0 amide bonds. The Bertz CT molecular complexity index is 763. The lowest BCUT2D eigenvalue weighted by Gasteiger charge is -2.26. The van der Waals surface area contributed by atoms with Crippen LogP contribution in [0.15, 0.2) is 30.3 Å². The Balaban J connectivity index is 1.67. The molecular formula is C18H22F3N5O. The number of morpholine rings is 1. The molecule has 1 aromatic carbocycles. The van der Waals surface area contributed by atoms with Crippen LogP contribution in [0.5, 0.6) is 0 Å². The van der Waals surface area contributed by atoms with E-state index >= 15 is 0 Å². The second-order valence-corrected chi connectivity index (χ2v) is 6.27. The predicted molar refractivity (Wildman–Crippen MR) is 97.2 cm³/mol. The van der Waals surface area contributed by atoms with E-state index in [4.69, 9.17) is 4.74 Å². The summed E-state index contributed by atoms with van der Waals surface area (Å²) < 4.78 is 44.8. The maximum Gasteiger partial charge on any atom is 0.418 e. The molecule has 27 heavy (non-hydrogen) atoms. The van der Waals surface area contributed by atoms with Gasteiger partial charge in [0.05, 0.1) is 24.5 Å². The third-order valence-corrected chi connectivity index (χ3v) is 4.16. The smallest absolute Gasteiger partial charge is 0.379 e. The Morgan fingerprint density at radius 1 is 1.15 bits per heavy atom. The maximum absolute atomic E-state index is 13.2. The van der Waals surface area contributed by atoms with E-state index in [1.807, 2.05) is 0 Å². The number of rotatable bonds is 6. The first kappa shape index (κ1) is 19.4. The fourth-order valence-corrected chi connectivity index (χ4v) is 2.84. The van der Waals surface area contributed by atoms with Crippen molar-refractivity contribution >= 4 is 17.5 Å². The quantitative estimate of drug-likeness (QED) is 0.801. The molecule has 2 aromatic rings. The lowest BCUT2D eigenvalue weighted by atomic mass is 10.1. The van der Waals surface area contributed by atoms with Gasteiger partial charge in [-0.1, -0.05) is 12.1 Å².